The molecule has 3 aromatic heterocycles. The topological polar surface area (TPSA) is 114 Å². The number of aryl methyl sites for hydroxylation is 1. The molecule has 1 amide bonds. The third kappa shape index (κ3) is 4.13. The fourth-order valence-electron chi connectivity index (χ4n) is 2.83. The largest absolute Gasteiger partial charge is 0.316 e. The summed E-state index contributed by atoms with van der Waals surface area (Å²) < 4.78 is 13.2. The summed E-state index contributed by atoms with van der Waals surface area (Å²) in [6.45, 7) is 1.65. The van der Waals surface area contributed by atoms with Gasteiger partial charge in [-0.05, 0) is 37.3 Å². The summed E-state index contributed by atoms with van der Waals surface area (Å²) >= 11 is 1.24. The lowest BCUT2D eigenvalue weighted by Crippen LogP contribution is -2.24. The van der Waals surface area contributed by atoms with Crippen molar-refractivity contribution in [3.05, 3.63) is 75.7 Å². The first-order valence-corrected chi connectivity index (χ1v) is 9.75. The van der Waals surface area contributed by atoms with Gasteiger partial charge in [0.25, 0.3) is 5.56 Å². The molecule has 3 heterocycles. The summed E-state index contributed by atoms with van der Waals surface area (Å²) in [7, 11) is 0. The van der Waals surface area contributed by atoms with Crippen LogP contribution in [0.3, 0.4) is 0 Å². The summed E-state index contributed by atoms with van der Waals surface area (Å²) in [6.07, 6.45) is 2.93. The molecule has 0 radical (unpaired) electrons. The molecule has 30 heavy (non-hydrogen) atoms. The highest BCUT2D eigenvalue weighted by Crippen LogP contribution is 2.30. The number of thiazole rings is 1. The fourth-order valence-corrected chi connectivity index (χ4v) is 3.54. The first-order valence-electron chi connectivity index (χ1n) is 8.87. The van der Waals surface area contributed by atoms with Gasteiger partial charge in [0.2, 0.25) is 5.91 Å². The van der Waals surface area contributed by atoms with Gasteiger partial charge in [-0.3, -0.25) is 9.59 Å². The molecule has 1 aromatic carbocycles. The molecular weight excluding hydrogens is 407 g/mol. The molecular formula is C20H15FN6O2S. The van der Waals surface area contributed by atoms with Crippen LogP contribution >= 0.6 is 11.3 Å². The highest BCUT2D eigenvalue weighted by molar-refractivity contribution is 7.14. The minimum Gasteiger partial charge on any atom is -0.316 e. The van der Waals surface area contributed by atoms with Crippen LogP contribution in [0.1, 0.15) is 11.3 Å². The van der Waals surface area contributed by atoms with Crippen molar-refractivity contribution in [2.24, 2.45) is 0 Å². The van der Waals surface area contributed by atoms with E-state index in [1.165, 1.54) is 23.5 Å². The van der Waals surface area contributed by atoms with E-state index in [0.29, 0.717) is 27.8 Å². The van der Waals surface area contributed by atoms with E-state index in [-0.39, 0.29) is 29.5 Å². The number of carbonyl (C=O) groups is 1. The van der Waals surface area contributed by atoms with Crippen LogP contribution in [0, 0.1) is 12.7 Å². The Kier molecular flexibility index (Phi) is 5.40. The molecule has 0 bridgehead atoms. The van der Waals surface area contributed by atoms with Crippen molar-refractivity contribution >= 4 is 22.2 Å². The highest BCUT2D eigenvalue weighted by atomic mass is 32.1. The first-order chi connectivity index (χ1) is 14.5. The Morgan fingerprint density at radius 3 is 2.60 bits per heavy atom. The van der Waals surface area contributed by atoms with Crippen molar-refractivity contribution in [3.8, 4) is 22.9 Å². The molecule has 0 fully saturated rings. The molecule has 0 saturated heterocycles. The molecule has 0 unspecified atom stereocenters. The van der Waals surface area contributed by atoms with Crippen LogP contribution in [0.5, 0.6) is 0 Å². The number of aromatic amines is 1. The zero-order chi connectivity index (χ0) is 21.1. The molecule has 0 spiro atoms. The second-order valence-corrected chi connectivity index (χ2v) is 7.17. The second-order valence-electron chi connectivity index (χ2n) is 6.31. The van der Waals surface area contributed by atoms with Gasteiger partial charge >= 0.3 is 0 Å². The van der Waals surface area contributed by atoms with Gasteiger partial charge in [0, 0.05) is 29.2 Å². The van der Waals surface area contributed by atoms with Crippen molar-refractivity contribution in [2.75, 3.05) is 5.32 Å². The zero-order valence-electron chi connectivity index (χ0n) is 15.7. The third-order valence-corrected chi connectivity index (χ3v) is 5.02. The molecule has 0 aliphatic rings. The first kappa shape index (κ1) is 19.5. The normalized spacial score (nSPS) is 10.7. The van der Waals surface area contributed by atoms with Crippen molar-refractivity contribution in [1.29, 1.82) is 0 Å². The van der Waals surface area contributed by atoms with Crippen molar-refractivity contribution < 1.29 is 9.18 Å². The SMILES string of the molecule is Cc1nc(-c2ncccn2)[nH]c(=O)c1CC(=O)Nc1scnc1-c1ccc(F)cc1. The average Bonchev–Trinajstić information content (AvgIpc) is 3.19. The molecule has 2 N–H and O–H groups in total. The van der Waals surface area contributed by atoms with E-state index in [4.69, 9.17) is 0 Å². The van der Waals surface area contributed by atoms with Gasteiger partial charge in [0.1, 0.15) is 16.5 Å². The van der Waals surface area contributed by atoms with Crippen LogP contribution in [0.25, 0.3) is 22.9 Å². The quantitative estimate of drug-likeness (QED) is 0.511. The monoisotopic (exact) mass is 422 g/mol. The standard InChI is InChI=1S/C20H15FN6O2S/c1-11-14(19(29)27-18(25-11)17-22-7-2-8-23-17)9-15(28)26-20-16(24-10-30-20)12-3-5-13(21)6-4-12/h2-8,10H,9H2,1H3,(H,26,28)(H,25,27,29). The van der Waals surface area contributed by atoms with E-state index in [1.807, 2.05) is 0 Å². The number of amides is 1. The van der Waals surface area contributed by atoms with E-state index in [1.54, 1.807) is 43.0 Å². The predicted molar refractivity (Wildman–Crippen MR) is 110 cm³/mol. The van der Waals surface area contributed by atoms with Crippen LogP contribution in [-0.2, 0) is 11.2 Å². The molecule has 0 atom stereocenters. The maximum atomic E-state index is 13.2. The molecule has 150 valence electrons. The van der Waals surface area contributed by atoms with Gasteiger partial charge < -0.3 is 10.3 Å². The summed E-state index contributed by atoms with van der Waals surface area (Å²) in [4.78, 5) is 44.4. The van der Waals surface area contributed by atoms with Crippen molar-refractivity contribution in [3.63, 3.8) is 0 Å². The number of H-pyrrole nitrogens is 1. The maximum Gasteiger partial charge on any atom is 0.255 e. The lowest BCUT2D eigenvalue weighted by Gasteiger charge is -2.08. The van der Waals surface area contributed by atoms with E-state index in [0.717, 1.165) is 0 Å². The van der Waals surface area contributed by atoms with E-state index < -0.39 is 5.56 Å². The summed E-state index contributed by atoms with van der Waals surface area (Å²) in [5.74, 6) is -0.210. The lowest BCUT2D eigenvalue weighted by atomic mass is 10.1. The predicted octanol–water partition coefficient (Wildman–Crippen LogP) is 2.98. The number of rotatable bonds is 5. The Bertz CT molecular complexity index is 1250. The van der Waals surface area contributed by atoms with Gasteiger partial charge in [0.15, 0.2) is 11.6 Å². The Morgan fingerprint density at radius 1 is 1.17 bits per heavy atom. The average molecular weight is 422 g/mol. The number of hydrogen-bond acceptors (Lipinski definition) is 7. The van der Waals surface area contributed by atoms with Crippen molar-refractivity contribution in [2.45, 2.75) is 13.3 Å². The number of benzene rings is 1. The van der Waals surface area contributed by atoms with Gasteiger partial charge in [-0.15, -0.1) is 11.3 Å². The number of anilines is 1. The van der Waals surface area contributed by atoms with Gasteiger partial charge in [-0.2, -0.15) is 0 Å². The Hall–Kier alpha value is -3.79. The zero-order valence-corrected chi connectivity index (χ0v) is 16.5. The molecule has 0 aliphatic carbocycles. The Labute approximate surface area is 173 Å². The van der Waals surface area contributed by atoms with Crippen LogP contribution in [0.2, 0.25) is 0 Å². The summed E-state index contributed by atoms with van der Waals surface area (Å²) in [5.41, 5.74) is 3.04. The second kappa shape index (κ2) is 8.29. The molecule has 4 rings (SSSR count). The minimum atomic E-state index is -0.428. The summed E-state index contributed by atoms with van der Waals surface area (Å²) in [5, 5.41) is 3.29. The Balaban J connectivity index is 1.54. The van der Waals surface area contributed by atoms with Crippen LogP contribution in [0.4, 0.5) is 9.39 Å². The van der Waals surface area contributed by atoms with Gasteiger partial charge in [-0.25, -0.2) is 24.3 Å². The molecule has 8 nitrogen and oxygen atoms in total. The van der Waals surface area contributed by atoms with E-state index >= 15 is 0 Å². The highest BCUT2D eigenvalue weighted by Gasteiger charge is 2.17. The molecule has 4 aromatic rings. The fraction of sp³-hybridized carbons (Fsp3) is 0.100. The molecule has 10 heteroatoms. The van der Waals surface area contributed by atoms with Crippen LogP contribution < -0.4 is 10.9 Å². The van der Waals surface area contributed by atoms with Gasteiger partial charge in [0.05, 0.1) is 11.9 Å². The number of nitrogens with one attached hydrogen (secondary N) is 2. The van der Waals surface area contributed by atoms with Gasteiger partial charge in [-0.1, -0.05) is 0 Å². The number of nitrogens with zero attached hydrogens (tertiary/aromatic N) is 4. The molecule has 0 saturated carbocycles. The van der Waals surface area contributed by atoms with E-state index in [2.05, 4.69) is 30.2 Å². The number of hydrogen-bond donors (Lipinski definition) is 2. The lowest BCUT2D eigenvalue weighted by molar-refractivity contribution is -0.115. The van der Waals surface area contributed by atoms with Crippen molar-refractivity contribution in [1.82, 2.24) is 24.9 Å². The smallest absolute Gasteiger partial charge is 0.255 e. The molecule has 0 aliphatic heterocycles. The maximum absolute atomic E-state index is 13.2. The summed E-state index contributed by atoms with van der Waals surface area (Å²) in [6, 6.07) is 7.49. The minimum absolute atomic E-state index is 0.162. The Morgan fingerprint density at radius 2 is 1.90 bits per heavy atom. The van der Waals surface area contributed by atoms with Crippen LogP contribution in [-0.4, -0.2) is 30.8 Å². The number of aromatic nitrogens is 5. The third-order valence-electron chi connectivity index (χ3n) is 4.28. The number of carbonyl (C=O) groups excluding carboxylic acids is 1. The van der Waals surface area contributed by atoms with Crippen LogP contribution in [0.15, 0.2) is 53.0 Å². The number of halogens is 1. The van der Waals surface area contributed by atoms with E-state index in [9.17, 15) is 14.0 Å².